The third kappa shape index (κ3) is 21.5. The molecule has 7 unspecified atom stereocenters. The lowest BCUT2D eigenvalue weighted by Crippen LogP contribution is -2.60. The predicted octanol–water partition coefficient (Wildman–Crippen LogP) is -4.21. The van der Waals surface area contributed by atoms with Crippen molar-refractivity contribution in [3.05, 3.63) is 0 Å². The maximum Gasteiger partial charge on any atom is 0.327 e. The van der Waals surface area contributed by atoms with Gasteiger partial charge in [-0.25, -0.2) is 4.79 Å². The zero-order chi connectivity index (χ0) is 45.0. The Morgan fingerprint density at radius 1 is 0.617 bits per heavy atom. The molecular formula is C36H67N13O10S. The van der Waals surface area contributed by atoms with Crippen LogP contribution < -0.4 is 65.5 Å². The fourth-order valence-electron chi connectivity index (χ4n) is 6.19. The van der Waals surface area contributed by atoms with Crippen LogP contribution in [0.15, 0.2) is 0 Å². The summed E-state index contributed by atoms with van der Waals surface area (Å²) in [5, 5.41) is 47.2. The number of guanidine groups is 1. The smallest absolute Gasteiger partial charge is 0.327 e. The van der Waals surface area contributed by atoms with Gasteiger partial charge >= 0.3 is 11.9 Å². The van der Waals surface area contributed by atoms with Crippen LogP contribution in [0.4, 0.5) is 0 Å². The van der Waals surface area contributed by atoms with Crippen LogP contribution in [0.25, 0.3) is 0 Å². The van der Waals surface area contributed by atoms with E-state index in [4.69, 9.17) is 28.3 Å². The summed E-state index contributed by atoms with van der Waals surface area (Å²) in [5.41, 5.74) is 22.4. The molecule has 19 N–H and O–H groups in total. The lowest BCUT2D eigenvalue weighted by atomic mass is 10.0. The first-order chi connectivity index (χ1) is 28.6. The number of nitrogens with one attached hydrogen (secondary N) is 9. The van der Waals surface area contributed by atoms with Gasteiger partial charge in [-0.2, -0.15) is 12.6 Å². The molecule has 0 aromatic rings. The van der Waals surface area contributed by atoms with E-state index in [0.717, 1.165) is 6.42 Å². The molecule has 1 rings (SSSR count). The van der Waals surface area contributed by atoms with Crippen LogP contribution in [0, 0.1) is 5.41 Å². The van der Waals surface area contributed by atoms with Gasteiger partial charge in [-0.05, 0) is 110 Å². The minimum atomic E-state index is -1.52. The summed E-state index contributed by atoms with van der Waals surface area (Å²) in [7, 11) is 0. The summed E-state index contributed by atoms with van der Waals surface area (Å²) >= 11 is 3.98. The molecule has 0 aromatic heterocycles. The Morgan fingerprint density at radius 2 is 1.02 bits per heavy atom. The molecule has 24 heteroatoms. The highest BCUT2D eigenvalue weighted by Crippen LogP contribution is 2.11. The molecule has 0 aliphatic carbocycles. The third-order valence-corrected chi connectivity index (χ3v) is 9.91. The number of unbranched alkanes of at least 4 members (excludes halogenated alkanes) is 3. The average molecular weight is 874 g/mol. The van der Waals surface area contributed by atoms with Crippen molar-refractivity contribution in [3.8, 4) is 0 Å². The normalized spacial score (nSPS) is 16.4. The summed E-state index contributed by atoms with van der Waals surface area (Å²) in [6.45, 7) is 1.56. The van der Waals surface area contributed by atoms with Crippen molar-refractivity contribution >= 4 is 66.0 Å². The fourth-order valence-corrected chi connectivity index (χ4v) is 6.44. The predicted molar refractivity (Wildman–Crippen MR) is 224 cm³/mol. The molecule has 60 heavy (non-hydrogen) atoms. The molecule has 1 fully saturated rings. The SMILES string of the molecule is N=C(N)NCCCC(NC(=O)C(CCCCN)NC(=O)C(CCCCN)NC(=O)C(CC(=O)O)NC(=O)C1CCCN1)C(=O)NC(CCCCN)C(=O)NC(CS)C(=O)O. The lowest BCUT2D eigenvalue weighted by molar-refractivity contribution is -0.142. The van der Waals surface area contributed by atoms with E-state index in [-0.39, 0.29) is 63.5 Å². The minimum Gasteiger partial charge on any atom is -0.481 e. The molecular weight excluding hydrogens is 807 g/mol. The number of carbonyl (C=O) groups is 8. The number of rotatable bonds is 32. The van der Waals surface area contributed by atoms with Gasteiger partial charge in [-0.15, -0.1) is 0 Å². The summed E-state index contributed by atoms with van der Waals surface area (Å²) in [6, 6.07) is -8.56. The fraction of sp³-hybridized carbons (Fsp3) is 0.750. The highest BCUT2D eigenvalue weighted by Gasteiger charge is 2.34. The van der Waals surface area contributed by atoms with E-state index in [1.807, 2.05) is 0 Å². The molecule has 23 nitrogen and oxygen atoms in total. The zero-order valence-electron chi connectivity index (χ0n) is 34.1. The molecule has 0 bridgehead atoms. The Bertz CT molecular complexity index is 1420. The van der Waals surface area contributed by atoms with E-state index < -0.39 is 96.1 Å². The number of aliphatic carboxylic acids is 2. The van der Waals surface area contributed by atoms with Gasteiger partial charge < -0.3 is 75.7 Å². The van der Waals surface area contributed by atoms with Gasteiger partial charge in [0.1, 0.15) is 36.3 Å². The largest absolute Gasteiger partial charge is 0.481 e. The summed E-state index contributed by atoms with van der Waals surface area (Å²) < 4.78 is 0. The highest BCUT2D eigenvalue weighted by atomic mass is 32.1. The van der Waals surface area contributed by atoms with Crippen molar-refractivity contribution in [1.82, 2.24) is 42.5 Å². The van der Waals surface area contributed by atoms with E-state index in [1.165, 1.54) is 0 Å². The number of carbonyl (C=O) groups excluding carboxylic acids is 6. The standard InChI is InChI=1S/C36H67N13O10S/c37-14-4-1-9-22(44-31(54)23(10-2-5-15-38)47-34(57)26(19-28(50)51)48-29(52)21-12-7-17-42-21)30(53)46-25(13-8-18-43-36(40)41)32(55)45-24(11-3-6-16-39)33(56)49-27(20-60)35(58)59/h21-27,42,60H,1-20,37-39H2,(H,44,54)(H,45,55)(H,46,53)(H,47,57)(H,48,52)(H,49,56)(H,50,51)(H,58,59)(H4,40,41,43). The quantitative estimate of drug-likeness (QED) is 0.0132. The lowest BCUT2D eigenvalue weighted by Gasteiger charge is -2.27. The van der Waals surface area contributed by atoms with Crippen LogP contribution >= 0.6 is 12.6 Å². The van der Waals surface area contributed by atoms with Gasteiger partial charge in [-0.3, -0.25) is 39.0 Å². The Labute approximate surface area is 355 Å². The number of carboxylic acid groups (broad SMARTS) is 2. The van der Waals surface area contributed by atoms with Crippen LogP contribution in [0.1, 0.15) is 89.9 Å². The molecule has 1 heterocycles. The van der Waals surface area contributed by atoms with Crippen LogP contribution in [-0.2, 0) is 38.4 Å². The van der Waals surface area contributed by atoms with Gasteiger partial charge in [0.2, 0.25) is 35.4 Å². The molecule has 1 aliphatic heterocycles. The molecule has 0 spiro atoms. The van der Waals surface area contributed by atoms with Crippen LogP contribution in [-0.4, -0.2) is 144 Å². The number of hydrogen-bond donors (Lipinski definition) is 16. The summed E-state index contributed by atoms with van der Waals surface area (Å²) in [6.07, 6.45) is 3.35. The van der Waals surface area contributed by atoms with Crippen molar-refractivity contribution in [3.63, 3.8) is 0 Å². The number of carboxylic acids is 2. The first-order valence-corrected chi connectivity index (χ1v) is 21.0. The highest BCUT2D eigenvalue weighted by molar-refractivity contribution is 7.80. The Hall–Kier alpha value is -4.78. The van der Waals surface area contributed by atoms with Crippen LogP contribution in [0.3, 0.4) is 0 Å². The van der Waals surface area contributed by atoms with E-state index in [2.05, 4.69) is 55.2 Å². The van der Waals surface area contributed by atoms with Crippen molar-refractivity contribution in [2.75, 3.05) is 38.5 Å². The number of hydrogen-bond acceptors (Lipinski definition) is 14. The minimum absolute atomic E-state index is 0.0301. The van der Waals surface area contributed by atoms with Crippen molar-refractivity contribution in [1.29, 1.82) is 5.41 Å². The van der Waals surface area contributed by atoms with Crippen LogP contribution in [0.2, 0.25) is 0 Å². The van der Waals surface area contributed by atoms with E-state index in [1.54, 1.807) is 0 Å². The van der Waals surface area contributed by atoms with Gasteiger partial charge in [0.05, 0.1) is 12.5 Å². The Balaban J connectivity index is 3.39. The average Bonchev–Trinajstić information content (AvgIpc) is 3.75. The second-order valence-electron chi connectivity index (χ2n) is 14.5. The first-order valence-electron chi connectivity index (χ1n) is 20.4. The first kappa shape index (κ1) is 53.2. The molecule has 1 saturated heterocycles. The van der Waals surface area contributed by atoms with Gasteiger partial charge in [0.15, 0.2) is 5.96 Å². The second kappa shape index (κ2) is 30.3. The molecule has 7 atom stereocenters. The Morgan fingerprint density at radius 3 is 1.35 bits per heavy atom. The van der Waals surface area contributed by atoms with Crippen molar-refractivity contribution in [2.24, 2.45) is 22.9 Å². The van der Waals surface area contributed by atoms with Crippen LogP contribution in [0.5, 0.6) is 0 Å². The molecule has 0 aromatic carbocycles. The van der Waals surface area contributed by atoms with E-state index >= 15 is 0 Å². The zero-order valence-corrected chi connectivity index (χ0v) is 35.0. The second-order valence-corrected chi connectivity index (χ2v) is 14.8. The molecule has 1 aliphatic rings. The summed E-state index contributed by atoms with van der Waals surface area (Å²) in [4.78, 5) is 105. The molecule has 0 radical (unpaired) electrons. The van der Waals surface area contributed by atoms with Gasteiger partial charge in [0, 0.05) is 12.3 Å². The number of thiol groups is 1. The molecule has 342 valence electrons. The van der Waals surface area contributed by atoms with E-state index in [9.17, 15) is 48.6 Å². The van der Waals surface area contributed by atoms with Gasteiger partial charge in [-0.1, -0.05) is 0 Å². The molecule has 6 amide bonds. The third-order valence-electron chi connectivity index (χ3n) is 9.54. The number of nitrogens with two attached hydrogens (primary N) is 4. The maximum atomic E-state index is 14.0. The van der Waals surface area contributed by atoms with Crippen molar-refractivity contribution < 1.29 is 48.6 Å². The monoisotopic (exact) mass is 873 g/mol. The van der Waals surface area contributed by atoms with Crippen molar-refractivity contribution in [2.45, 2.75) is 132 Å². The number of amides is 6. The van der Waals surface area contributed by atoms with E-state index in [0.29, 0.717) is 58.0 Å². The topological polar surface area (TPSA) is 401 Å². The maximum absolute atomic E-state index is 14.0. The molecule has 0 saturated carbocycles. The Kier molecular flexibility index (Phi) is 26.9. The van der Waals surface area contributed by atoms with Gasteiger partial charge in [0.25, 0.3) is 0 Å². The summed E-state index contributed by atoms with van der Waals surface area (Å²) in [5.74, 6) is -7.91.